The SMILES string of the molecule is CN(CC(=O)O)C(=O)OCC1C2CCCCC2C2CCCCC21. The molecule has 0 aromatic rings. The molecular weight excluding hydrogens is 294 g/mol. The molecule has 0 saturated heterocycles. The molecule has 130 valence electrons. The molecule has 0 radical (unpaired) electrons. The zero-order valence-electron chi connectivity index (χ0n) is 14.1. The molecule has 1 N–H and O–H groups in total. The first-order valence-corrected chi connectivity index (χ1v) is 9.17. The second-order valence-electron chi connectivity index (χ2n) is 7.71. The molecule has 3 aliphatic rings. The van der Waals surface area contributed by atoms with E-state index in [1.165, 1.54) is 58.4 Å². The van der Waals surface area contributed by atoms with Crippen molar-refractivity contribution < 1.29 is 19.4 Å². The Labute approximate surface area is 138 Å². The number of likely N-dealkylation sites (N-methyl/N-ethyl adjacent to an activating group) is 1. The summed E-state index contributed by atoms with van der Waals surface area (Å²) in [4.78, 5) is 23.8. The van der Waals surface area contributed by atoms with Gasteiger partial charge in [0.1, 0.15) is 6.54 Å². The summed E-state index contributed by atoms with van der Waals surface area (Å²) in [5.74, 6) is 2.60. The third kappa shape index (κ3) is 3.48. The molecule has 3 saturated carbocycles. The summed E-state index contributed by atoms with van der Waals surface area (Å²) in [7, 11) is 1.48. The predicted molar refractivity (Wildman–Crippen MR) is 86.0 cm³/mol. The van der Waals surface area contributed by atoms with Gasteiger partial charge < -0.3 is 14.7 Å². The van der Waals surface area contributed by atoms with Crippen molar-refractivity contribution >= 4 is 12.1 Å². The highest BCUT2D eigenvalue weighted by Crippen LogP contribution is 2.57. The van der Waals surface area contributed by atoms with E-state index < -0.39 is 12.1 Å². The maximum atomic E-state index is 12.0. The normalized spacial score (nSPS) is 36.0. The number of nitrogens with zero attached hydrogens (tertiary/aromatic N) is 1. The Kier molecular flexibility index (Phi) is 5.12. The van der Waals surface area contributed by atoms with E-state index in [9.17, 15) is 9.59 Å². The number of hydrogen-bond acceptors (Lipinski definition) is 3. The Bertz CT molecular complexity index is 430. The molecule has 0 bridgehead atoms. The molecule has 0 aromatic heterocycles. The fourth-order valence-corrected chi connectivity index (χ4v) is 5.61. The van der Waals surface area contributed by atoms with Crippen LogP contribution in [-0.4, -0.2) is 42.3 Å². The minimum atomic E-state index is -1.01. The zero-order valence-corrected chi connectivity index (χ0v) is 14.1. The van der Waals surface area contributed by atoms with Gasteiger partial charge in [0, 0.05) is 7.05 Å². The molecular formula is C18H29NO4. The fourth-order valence-electron chi connectivity index (χ4n) is 5.61. The van der Waals surface area contributed by atoms with Crippen LogP contribution in [0.25, 0.3) is 0 Å². The summed E-state index contributed by atoms with van der Waals surface area (Å²) in [5, 5.41) is 8.77. The first-order valence-electron chi connectivity index (χ1n) is 9.17. The topological polar surface area (TPSA) is 66.8 Å². The monoisotopic (exact) mass is 323 g/mol. The molecule has 5 heteroatoms. The van der Waals surface area contributed by atoms with E-state index in [0.717, 1.165) is 28.6 Å². The maximum absolute atomic E-state index is 12.0. The van der Waals surface area contributed by atoms with E-state index in [0.29, 0.717) is 12.5 Å². The number of rotatable bonds is 4. The van der Waals surface area contributed by atoms with Crippen LogP contribution in [0.1, 0.15) is 51.4 Å². The van der Waals surface area contributed by atoms with Gasteiger partial charge in [0.25, 0.3) is 0 Å². The number of ether oxygens (including phenoxy) is 1. The van der Waals surface area contributed by atoms with E-state index in [4.69, 9.17) is 9.84 Å². The predicted octanol–water partition coefficient (Wildman–Crippen LogP) is 3.38. The number of fused-ring (bicyclic) bond motifs is 3. The number of aliphatic carboxylic acids is 1. The number of carboxylic acid groups (broad SMARTS) is 1. The van der Waals surface area contributed by atoms with Gasteiger partial charge in [0.2, 0.25) is 0 Å². The van der Waals surface area contributed by atoms with Crippen molar-refractivity contribution in [2.24, 2.45) is 29.6 Å². The average Bonchev–Trinajstić information content (AvgIpc) is 2.86. The van der Waals surface area contributed by atoms with Crippen LogP contribution in [0.15, 0.2) is 0 Å². The lowest BCUT2D eigenvalue weighted by molar-refractivity contribution is -0.137. The summed E-state index contributed by atoms with van der Waals surface area (Å²) < 4.78 is 5.51. The molecule has 3 aliphatic carbocycles. The van der Waals surface area contributed by atoms with Gasteiger partial charge >= 0.3 is 12.1 Å². The summed E-state index contributed by atoms with van der Waals surface area (Å²) in [6, 6.07) is 0. The lowest BCUT2D eigenvalue weighted by Gasteiger charge is -2.32. The Hall–Kier alpha value is -1.26. The van der Waals surface area contributed by atoms with Crippen molar-refractivity contribution in [2.75, 3.05) is 20.2 Å². The highest BCUT2D eigenvalue weighted by molar-refractivity contribution is 5.76. The number of carbonyl (C=O) groups is 2. The molecule has 1 amide bonds. The largest absolute Gasteiger partial charge is 0.480 e. The van der Waals surface area contributed by atoms with Crippen molar-refractivity contribution in [3.8, 4) is 0 Å². The quantitative estimate of drug-likeness (QED) is 0.861. The van der Waals surface area contributed by atoms with Crippen LogP contribution >= 0.6 is 0 Å². The molecule has 4 unspecified atom stereocenters. The highest BCUT2D eigenvalue weighted by Gasteiger charge is 2.51. The maximum Gasteiger partial charge on any atom is 0.410 e. The molecule has 0 spiro atoms. The standard InChI is InChI=1S/C18H29NO4/c1-19(10-17(20)21)18(22)23-11-16-14-8-4-2-6-12(14)13-7-3-5-9-15(13)16/h12-16H,2-11H2,1H3,(H,20,21). The summed E-state index contributed by atoms with van der Waals surface area (Å²) in [6.07, 6.45) is 10.1. The number of carboxylic acids is 1. The third-order valence-electron chi connectivity index (χ3n) is 6.48. The van der Waals surface area contributed by atoms with Crippen LogP contribution in [-0.2, 0) is 9.53 Å². The van der Waals surface area contributed by atoms with Crippen molar-refractivity contribution in [3.05, 3.63) is 0 Å². The Balaban J connectivity index is 1.61. The van der Waals surface area contributed by atoms with Gasteiger partial charge in [-0.2, -0.15) is 0 Å². The number of carbonyl (C=O) groups excluding carboxylic acids is 1. The number of hydrogen-bond donors (Lipinski definition) is 1. The molecule has 0 aliphatic heterocycles. The fraction of sp³-hybridized carbons (Fsp3) is 0.889. The van der Waals surface area contributed by atoms with Crippen molar-refractivity contribution in [2.45, 2.75) is 51.4 Å². The van der Waals surface area contributed by atoms with Crippen LogP contribution in [0.2, 0.25) is 0 Å². The first-order chi connectivity index (χ1) is 11.1. The van der Waals surface area contributed by atoms with Gasteiger partial charge in [-0.25, -0.2) is 4.79 Å². The molecule has 23 heavy (non-hydrogen) atoms. The van der Waals surface area contributed by atoms with Gasteiger partial charge in [0.05, 0.1) is 6.61 Å². The Morgan fingerprint density at radius 1 is 0.957 bits per heavy atom. The molecule has 4 atom stereocenters. The van der Waals surface area contributed by atoms with E-state index in [1.54, 1.807) is 0 Å². The Morgan fingerprint density at radius 2 is 1.43 bits per heavy atom. The highest BCUT2D eigenvalue weighted by atomic mass is 16.6. The van der Waals surface area contributed by atoms with Crippen molar-refractivity contribution in [1.82, 2.24) is 4.90 Å². The molecule has 0 aromatic carbocycles. The van der Waals surface area contributed by atoms with Crippen molar-refractivity contribution in [3.63, 3.8) is 0 Å². The van der Waals surface area contributed by atoms with Gasteiger partial charge in [-0.15, -0.1) is 0 Å². The van der Waals surface area contributed by atoms with E-state index in [2.05, 4.69) is 0 Å². The summed E-state index contributed by atoms with van der Waals surface area (Å²) in [5.41, 5.74) is 0. The van der Waals surface area contributed by atoms with E-state index >= 15 is 0 Å². The molecule has 3 rings (SSSR count). The molecule has 0 heterocycles. The van der Waals surface area contributed by atoms with Gasteiger partial charge in [0.15, 0.2) is 0 Å². The van der Waals surface area contributed by atoms with Crippen LogP contribution in [0, 0.1) is 29.6 Å². The van der Waals surface area contributed by atoms with Crippen molar-refractivity contribution in [1.29, 1.82) is 0 Å². The van der Waals surface area contributed by atoms with Gasteiger partial charge in [-0.05, 0) is 55.3 Å². The smallest absolute Gasteiger partial charge is 0.410 e. The van der Waals surface area contributed by atoms with E-state index in [-0.39, 0.29) is 6.54 Å². The van der Waals surface area contributed by atoms with Gasteiger partial charge in [-0.3, -0.25) is 4.79 Å². The van der Waals surface area contributed by atoms with Crippen LogP contribution < -0.4 is 0 Å². The van der Waals surface area contributed by atoms with Crippen LogP contribution in [0.4, 0.5) is 4.79 Å². The second kappa shape index (κ2) is 7.10. The van der Waals surface area contributed by atoms with Crippen LogP contribution in [0.3, 0.4) is 0 Å². The average molecular weight is 323 g/mol. The van der Waals surface area contributed by atoms with Gasteiger partial charge in [-0.1, -0.05) is 25.7 Å². The number of amides is 1. The second-order valence-corrected chi connectivity index (χ2v) is 7.71. The van der Waals surface area contributed by atoms with Crippen LogP contribution in [0.5, 0.6) is 0 Å². The first kappa shape index (κ1) is 16.6. The minimum Gasteiger partial charge on any atom is -0.480 e. The van der Waals surface area contributed by atoms with E-state index in [1.807, 2.05) is 0 Å². The lowest BCUT2D eigenvalue weighted by atomic mass is 9.73. The zero-order chi connectivity index (χ0) is 16.4. The summed E-state index contributed by atoms with van der Waals surface area (Å²) in [6.45, 7) is 0.173. The lowest BCUT2D eigenvalue weighted by Crippen LogP contribution is -2.35. The third-order valence-corrected chi connectivity index (χ3v) is 6.48. The molecule has 5 nitrogen and oxygen atoms in total. The Morgan fingerprint density at radius 3 is 1.91 bits per heavy atom. The minimum absolute atomic E-state index is 0.304. The summed E-state index contributed by atoms with van der Waals surface area (Å²) >= 11 is 0. The molecule has 3 fully saturated rings.